The van der Waals surface area contributed by atoms with Gasteiger partial charge in [0.1, 0.15) is 16.3 Å². The zero-order valence-electron chi connectivity index (χ0n) is 16.0. The number of hydrogen-bond donors (Lipinski definition) is 1. The number of aryl methyl sites for hydroxylation is 1. The smallest absolute Gasteiger partial charge is 0.266 e. The quantitative estimate of drug-likeness (QED) is 0.675. The second-order valence-corrected chi connectivity index (χ2v) is 7.57. The third-order valence-corrected chi connectivity index (χ3v) is 5.47. The highest BCUT2D eigenvalue weighted by Gasteiger charge is 2.20. The molecule has 0 saturated heterocycles. The van der Waals surface area contributed by atoms with Crippen LogP contribution in [-0.2, 0) is 15.1 Å². The van der Waals surface area contributed by atoms with Crippen LogP contribution >= 0.6 is 0 Å². The molecule has 1 heterocycles. The van der Waals surface area contributed by atoms with Crippen LogP contribution in [0.15, 0.2) is 47.0 Å². The molecule has 28 heavy (non-hydrogen) atoms. The first-order valence-corrected chi connectivity index (χ1v) is 9.75. The van der Waals surface area contributed by atoms with Crippen molar-refractivity contribution in [3.8, 4) is 22.4 Å². The van der Waals surface area contributed by atoms with Crippen LogP contribution in [0.3, 0.4) is 0 Å². The van der Waals surface area contributed by atoms with Crippen LogP contribution in [0.5, 0.6) is 0 Å². The largest absolute Gasteiger partial charge is 0.360 e. The van der Waals surface area contributed by atoms with Gasteiger partial charge in [-0.05, 0) is 50.5 Å². The highest BCUT2D eigenvalue weighted by molar-refractivity contribution is 7.74. The van der Waals surface area contributed by atoms with E-state index in [2.05, 4.69) is 10.5 Å². The minimum Gasteiger partial charge on any atom is -0.360 e. The lowest BCUT2D eigenvalue weighted by Crippen LogP contribution is -2.21. The molecule has 0 radical (unpaired) electrons. The van der Waals surface area contributed by atoms with Crippen LogP contribution in [0.4, 0.5) is 5.69 Å². The van der Waals surface area contributed by atoms with Crippen molar-refractivity contribution in [1.82, 2.24) is 5.16 Å². The first-order chi connectivity index (χ1) is 13.3. The topological polar surface area (TPSA) is 89.3 Å². The van der Waals surface area contributed by atoms with E-state index in [1.165, 1.54) is 6.92 Å². The molecule has 0 aliphatic rings. The van der Waals surface area contributed by atoms with E-state index in [1.54, 1.807) is 6.07 Å². The number of carbonyl (C=O) groups excluding carboxylic acids is 1. The van der Waals surface area contributed by atoms with Gasteiger partial charge in [-0.2, -0.15) is 8.42 Å². The zero-order chi connectivity index (χ0) is 20.4. The van der Waals surface area contributed by atoms with Crippen molar-refractivity contribution in [2.75, 3.05) is 5.32 Å². The summed E-state index contributed by atoms with van der Waals surface area (Å²) in [6.45, 7) is 6.95. The number of carbonyl (C=O) groups is 1. The van der Waals surface area contributed by atoms with Gasteiger partial charge in [-0.3, -0.25) is 4.79 Å². The summed E-state index contributed by atoms with van der Waals surface area (Å²) in [5, 5.41) is 6.89. The van der Waals surface area contributed by atoms with E-state index in [-0.39, 0.29) is 4.86 Å². The Kier molecular flexibility index (Phi) is 5.46. The molecule has 0 saturated carbocycles. The SMILES string of the molecule is CC(C(=O)Nc1ccc(-c2c(-c3ccccc3)noc2C)c(C)c1C)=S(=O)=O. The summed E-state index contributed by atoms with van der Waals surface area (Å²) in [6.07, 6.45) is 0. The van der Waals surface area contributed by atoms with Crippen LogP contribution in [0, 0.1) is 20.8 Å². The van der Waals surface area contributed by atoms with Crippen molar-refractivity contribution in [2.24, 2.45) is 0 Å². The highest BCUT2D eigenvalue weighted by Crippen LogP contribution is 2.38. The Morgan fingerprint density at radius 3 is 2.32 bits per heavy atom. The molecule has 1 N–H and O–H groups in total. The summed E-state index contributed by atoms with van der Waals surface area (Å²) < 4.78 is 27.4. The van der Waals surface area contributed by atoms with Gasteiger partial charge in [0.2, 0.25) is 10.3 Å². The molecule has 0 aliphatic heterocycles. The van der Waals surface area contributed by atoms with Gasteiger partial charge in [-0.1, -0.05) is 41.6 Å². The molecule has 1 aromatic heterocycles. The third kappa shape index (κ3) is 3.61. The maximum atomic E-state index is 12.1. The number of aromatic nitrogens is 1. The van der Waals surface area contributed by atoms with Crippen molar-refractivity contribution < 1.29 is 17.7 Å². The maximum absolute atomic E-state index is 12.1. The normalized spacial score (nSPS) is 10.6. The van der Waals surface area contributed by atoms with Gasteiger partial charge in [0.15, 0.2) is 0 Å². The Bertz CT molecular complexity index is 1180. The van der Waals surface area contributed by atoms with Crippen molar-refractivity contribution >= 4 is 26.8 Å². The molecule has 0 spiro atoms. The first-order valence-electron chi connectivity index (χ1n) is 8.67. The van der Waals surface area contributed by atoms with E-state index in [1.807, 2.05) is 57.2 Å². The van der Waals surface area contributed by atoms with Crippen molar-refractivity contribution in [2.45, 2.75) is 27.7 Å². The average molecular weight is 396 g/mol. The molecule has 144 valence electrons. The van der Waals surface area contributed by atoms with Gasteiger partial charge < -0.3 is 9.84 Å². The predicted molar refractivity (Wildman–Crippen MR) is 110 cm³/mol. The molecular formula is C21H20N2O4S. The number of amides is 1. The lowest BCUT2D eigenvalue weighted by molar-refractivity contribution is -0.110. The molecule has 6 nitrogen and oxygen atoms in total. The van der Waals surface area contributed by atoms with Crippen LogP contribution in [0.2, 0.25) is 0 Å². The van der Waals surface area contributed by atoms with Gasteiger partial charge in [0.25, 0.3) is 5.91 Å². The van der Waals surface area contributed by atoms with E-state index in [9.17, 15) is 13.2 Å². The van der Waals surface area contributed by atoms with Crippen molar-refractivity contribution in [1.29, 1.82) is 0 Å². The van der Waals surface area contributed by atoms with Crippen LogP contribution in [0.25, 0.3) is 22.4 Å². The second-order valence-electron chi connectivity index (χ2n) is 6.48. The Labute approximate surface area is 164 Å². The number of hydrogen-bond acceptors (Lipinski definition) is 5. The summed E-state index contributed by atoms with van der Waals surface area (Å²) in [5.41, 5.74) is 5.90. The molecule has 3 aromatic rings. The van der Waals surface area contributed by atoms with E-state index in [4.69, 9.17) is 4.52 Å². The maximum Gasteiger partial charge on any atom is 0.266 e. The molecule has 0 unspecified atom stereocenters. The number of anilines is 1. The fourth-order valence-electron chi connectivity index (χ4n) is 3.00. The van der Waals surface area contributed by atoms with Crippen molar-refractivity contribution in [3.63, 3.8) is 0 Å². The zero-order valence-corrected chi connectivity index (χ0v) is 16.8. The minimum absolute atomic E-state index is 0.262. The van der Waals surface area contributed by atoms with Crippen LogP contribution in [-0.4, -0.2) is 24.3 Å². The number of rotatable bonds is 4. The fourth-order valence-corrected chi connectivity index (χ4v) is 3.20. The molecule has 0 atom stereocenters. The van der Waals surface area contributed by atoms with Crippen molar-refractivity contribution in [3.05, 3.63) is 59.4 Å². The first kappa shape index (κ1) is 19.6. The van der Waals surface area contributed by atoms with Gasteiger partial charge in [-0.25, -0.2) is 0 Å². The number of benzene rings is 2. The lowest BCUT2D eigenvalue weighted by atomic mass is 9.92. The number of nitrogens with zero attached hydrogens (tertiary/aromatic N) is 1. The van der Waals surface area contributed by atoms with Gasteiger partial charge in [0, 0.05) is 11.3 Å². The van der Waals surface area contributed by atoms with E-state index in [0.29, 0.717) is 11.4 Å². The summed E-state index contributed by atoms with van der Waals surface area (Å²) in [6, 6.07) is 13.4. The molecule has 0 fully saturated rings. The summed E-state index contributed by atoms with van der Waals surface area (Å²) in [7, 11) is -2.55. The standard InChI is InChI=1S/C21H20N2O4S/c1-12-13(2)18(22-21(24)15(4)28(25)26)11-10-17(12)19-14(3)27-23-20(19)16-8-6-5-7-9-16/h5-11H,1-4H3,(H,22,24). The number of nitrogens with one attached hydrogen (secondary N) is 1. The average Bonchev–Trinajstić information content (AvgIpc) is 3.07. The highest BCUT2D eigenvalue weighted by atomic mass is 32.2. The van der Waals surface area contributed by atoms with E-state index >= 15 is 0 Å². The third-order valence-electron chi connectivity index (χ3n) is 4.78. The summed E-state index contributed by atoms with van der Waals surface area (Å²) >= 11 is 0. The molecule has 3 rings (SSSR count). The lowest BCUT2D eigenvalue weighted by Gasteiger charge is -2.14. The van der Waals surface area contributed by atoms with Gasteiger partial charge >= 0.3 is 0 Å². The Hall–Kier alpha value is -3.19. The van der Waals surface area contributed by atoms with Gasteiger partial charge in [0.05, 0.1) is 5.56 Å². The molecule has 0 bridgehead atoms. The monoisotopic (exact) mass is 396 g/mol. The molecule has 2 aromatic carbocycles. The van der Waals surface area contributed by atoms with Crippen LogP contribution in [0.1, 0.15) is 23.8 Å². The Balaban J connectivity index is 2.07. The summed E-state index contributed by atoms with van der Waals surface area (Å²) in [4.78, 5) is 11.8. The van der Waals surface area contributed by atoms with Crippen LogP contribution < -0.4 is 5.32 Å². The van der Waals surface area contributed by atoms with Gasteiger partial charge in [-0.15, -0.1) is 0 Å². The van der Waals surface area contributed by atoms with E-state index < -0.39 is 16.2 Å². The molecule has 0 aliphatic carbocycles. The van der Waals surface area contributed by atoms with E-state index in [0.717, 1.165) is 33.5 Å². The predicted octanol–water partition coefficient (Wildman–Crippen LogP) is 3.94. The Morgan fingerprint density at radius 1 is 1.00 bits per heavy atom. The second kappa shape index (κ2) is 7.82. The molecule has 1 amide bonds. The minimum atomic E-state index is -2.55. The molecular weight excluding hydrogens is 376 g/mol. The Morgan fingerprint density at radius 2 is 1.68 bits per heavy atom. The summed E-state index contributed by atoms with van der Waals surface area (Å²) in [5.74, 6) is 0.0544. The molecule has 7 heteroatoms. The fraction of sp³-hybridized carbons (Fsp3) is 0.190.